The van der Waals surface area contributed by atoms with Crippen LogP contribution in [0, 0.1) is 12.8 Å². The van der Waals surface area contributed by atoms with Gasteiger partial charge in [-0.05, 0) is 12.5 Å². The Hall–Kier alpha value is -1.14. The van der Waals surface area contributed by atoms with Crippen LogP contribution in [0.5, 0.6) is 0 Å². The molecule has 0 bridgehead atoms. The first-order valence-electron chi connectivity index (χ1n) is 6.95. The summed E-state index contributed by atoms with van der Waals surface area (Å²) in [6, 6.07) is 9.46. The molecule has 2 atom stereocenters. The van der Waals surface area contributed by atoms with Crippen LogP contribution in [0.1, 0.15) is 29.1 Å². The molecule has 4 nitrogen and oxygen atoms in total. The smallest absolute Gasteiger partial charge is 0.227 e. The van der Waals surface area contributed by atoms with Crippen molar-refractivity contribution in [2.45, 2.75) is 26.4 Å². The van der Waals surface area contributed by atoms with Gasteiger partial charge < -0.3 is 10.6 Å². The second-order valence-corrected chi connectivity index (χ2v) is 6.22. The summed E-state index contributed by atoms with van der Waals surface area (Å²) >= 11 is 1.58. The van der Waals surface area contributed by atoms with E-state index in [-0.39, 0.29) is 42.7 Å². The molecular weight excluding hydrogens is 353 g/mol. The van der Waals surface area contributed by atoms with Crippen LogP contribution >= 0.6 is 36.2 Å². The molecule has 7 heteroatoms. The number of aryl methyl sites for hydroxylation is 1. The van der Waals surface area contributed by atoms with Crippen LogP contribution in [-0.2, 0) is 11.3 Å². The third-order valence-electron chi connectivity index (χ3n) is 3.71. The lowest BCUT2D eigenvalue weighted by Gasteiger charge is -2.25. The van der Waals surface area contributed by atoms with E-state index in [1.807, 2.05) is 56.7 Å². The summed E-state index contributed by atoms with van der Waals surface area (Å²) in [6.07, 6.45) is 0. The maximum Gasteiger partial charge on any atom is 0.227 e. The second-order valence-electron chi connectivity index (χ2n) is 5.28. The van der Waals surface area contributed by atoms with Gasteiger partial charge in [-0.15, -0.1) is 36.2 Å². The van der Waals surface area contributed by atoms with Crippen molar-refractivity contribution in [2.75, 3.05) is 7.05 Å². The van der Waals surface area contributed by atoms with Crippen molar-refractivity contribution < 1.29 is 4.79 Å². The Kier molecular flexibility index (Phi) is 9.39. The third-order valence-corrected chi connectivity index (χ3v) is 4.63. The predicted octanol–water partition coefficient (Wildman–Crippen LogP) is 3.59. The summed E-state index contributed by atoms with van der Waals surface area (Å²) in [5, 5.41) is 0. The molecule has 0 aliphatic carbocycles. The standard InChI is InChI=1S/C16H21N3OS.2ClH/c1-11(15(17)13-7-5-4-6-8-13)16(20)19(3)9-14-12(2)18-10-21-14;;/h4-8,10-11,15H,9,17H2,1-3H3;2*1H. The minimum Gasteiger partial charge on any atom is -0.340 e. The van der Waals surface area contributed by atoms with E-state index in [0.29, 0.717) is 6.54 Å². The van der Waals surface area contributed by atoms with Gasteiger partial charge in [0, 0.05) is 18.0 Å². The molecular formula is C16H23Cl2N3OS. The molecule has 1 aromatic carbocycles. The van der Waals surface area contributed by atoms with Crippen molar-refractivity contribution in [3.63, 3.8) is 0 Å². The van der Waals surface area contributed by atoms with Gasteiger partial charge >= 0.3 is 0 Å². The van der Waals surface area contributed by atoms with E-state index in [1.54, 1.807) is 16.2 Å². The maximum absolute atomic E-state index is 12.5. The molecule has 0 saturated heterocycles. The van der Waals surface area contributed by atoms with Gasteiger partial charge in [-0.3, -0.25) is 4.79 Å². The zero-order chi connectivity index (χ0) is 15.4. The summed E-state index contributed by atoms with van der Waals surface area (Å²) in [7, 11) is 1.82. The average molecular weight is 376 g/mol. The normalized spacial score (nSPS) is 12.5. The Balaban J connectivity index is 0.00000242. The van der Waals surface area contributed by atoms with Crippen LogP contribution in [0.4, 0.5) is 0 Å². The van der Waals surface area contributed by atoms with E-state index in [9.17, 15) is 4.79 Å². The predicted molar refractivity (Wildman–Crippen MR) is 100 cm³/mol. The van der Waals surface area contributed by atoms with Crippen molar-refractivity contribution >= 4 is 42.1 Å². The summed E-state index contributed by atoms with van der Waals surface area (Å²) < 4.78 is 0. The van der Waals surface area contributed by atoms with Gasteiger partial charge in [-0.25, -0.2) is 4.98 Å². The van der Waals surface area contributed by atoms with E-state index < -0.39 is 0 Å². The van der Waals surface area contributed by atoms with Gasteiger partial charge in [0.15, 0.2) is 0 Å². The quantitative estimate of drug-likeness (QED) is 0.868. The molecule has 1 aromatic heterocycles. The van der Waals surface area contributed by atoms with E-state index in [2.05, 4.69) is 4.98 Å². The van der Waals surface area contributed by atoms with E-state index >= 15 is 0 Å². The van der Waals surface area contributed by atoms with Crippen molar-refractivity contribution in [2.24, 2.45) is 11.7 Å². The Bertz CT molecular complexity index is 606. The fourth-order valence-corrected chi connectivity index (χ4v) is 3.07. The summed E-state index contributed by atoms with van der Waals surface area (Å²) in [6.45, 7) is 4.43. The van der Waals surface area contributed by atoms with Gasteiger partial charge in [0.25, 0.3) is 0 Å². The fourth-order valence-electron chi connectivity index (χ4n) is 2.24. The molecule has 2 N–H and O–H groups in total. The molecule has 23 heavy (non-hydrogen) atoms. The van der Waals surface area contributed by atoms with Crippen molar-refractivity contribution in [1.82, 2.24) is 9.88 Å². The molecule has 0 radical (unpaired) electrons. The number of hydrogen-bond acceptors (Lipinski definition) is 4. The van der Waals surface area contributed by atoms with Gasteiger partial charge in [0.2, 0.25) is 5.91 Å². The van der Waals surface area contributed by atoms with Crippen LogP contribution in [-0.4, -0.2) is 22.8 Å². The lowest BCUT2D eigenvalue weighted by Crippen LogP contribution is -2.36. The molecule has 0 saturated carbocycles. The topological polar surface area (TPSA) is 59.2 Å². The summed E-state index contributed by atoms with van der Waals surface area (Å²) in [5.41, 5.74) is 10.0. The van der Waals surface area contributed by atoms with Crippen LogP contribution in [0.2, 0.25) is 0 Å². The Morgan fingerprint density at radius 1 is 1.30 bits per heavy atom. The summed E-state index contributed by atoms with van der Waals surface area (Å²) in [5.74, 6) is -0.204. The number of carbonyl (C=O) groups is 1. The zero-order valence-electron chi connectivity index (χ0n) is 13.4. The minimum atomic E-state index is -0.288. The second kappa shape index (κ2) is 9.88. The lowest BCUT2D eigenvalue weighted by atomic mass is 9.94. The zero-order valence-corrected chi connectivity index (χ0v) is 15.9. The fraction of sp³-hybridized carbons (Fsp3) is 0.375. The molecule has 2 unspecified atom stereocenters. The number of amides is 1. The minimum absolute atomic E-state index is 0. The number of hydrogen-bond donors (Lipinski definition) is 1. The molecule has 1 heterocycles. The highest BCUT2D eigenvalue weighted by molar-refractivity contribution is 7.09. The maximum atomic E-state index is 12.5. The van der Waals surface area contributed by atoms with Crippen LogP contribution in [0.15, 0.2) is 35.8 Å². The first-order valence-corrected chi connectivity index (χ1v) is 7.83. The average Bonchev–Trinajstić information content (AvgIpc) is 2.91. The Morgan fingerprint density at radius 3 is 2.43 bits per heavy atom. The Labute approximate surface area is 153 Å². The molecule has 0 aliphatic heterocycles. The van der Waals surface area contributed by atoms with Crippen LogP contribution in [0.3, 0.4) is 0 Å². The van der Waals surface area contributed by atoms with Gasteiger partial charge in [0.1, 0.15) is 0 Å². The molecule has 0 aliphatic rings. The number of thiazole rings is 1. The van der Waals surface area contributed by atoms with Crippen molar-refractivity contribution in [3.05, 3.63) is 52.0 Å². The highest BCUT2D eigenvalue weighted by Crippen LogP contribution is 2.22. The lowest BCUT2D eigenvalue weighted by molar-refractivity contribution is -0.134. The number of nitrogens with zero attached hydrogens (tertiary/aromatic N) is 2. The first-order chi connectivity index (χ1) is 10.0. The highest BCUT2D eigenvalue weighted by Gasteiger charge is 2.25. The molecule has 2 aromatic rings. The molecule has 2 rings (SSSR count). The van der Waals surface area contributed by atoms with E-state index in [0.717, 1.165) is 16.1 Å². The SMILES string of the molecule is Cc1ncsc1CN(C)C(=O)C(C)C(N)c1ccccc1.Cl.Cl. The monoisotopic (exact) mass is 375 g/mol. The molecule has 0 fully saturated rings. The van der Waals surface area contributed by atoms with Gasteiger partial charge in [0.05, 0.1) is 23.7 Å². The van der Waals surface area contributed by atoms with E-state index in [1.165, 1.54) is 0 Å². The number of rotatable bonds is 5. The largest absolute Gasteiger partial charge is 0.340 e. The number of nitrogens with two attached hydrogens (primary N) is 1. The van der Waals surface area contributed by atoms with Gasteiger partial charge in [-0.2, -0.15) is 0 Å². The number of aromatic nitrogens is 1. The van der Waals surface area contributed by atoms with Crippen molar-refractivity contribution in [3.8, 4) is 0 Å². The molecule has 128 valence electrons. The molecule has 1 amide bonds. The third kappa shape index (κ3) is 5.46. The van der Waals surface area contributed by atoms with E-state index in [4.69, 9.17) is 5.73 Å². The highest BCUT2D eigenvalue weighted by atomic mass is 35.5. The van der Waals surface area contributed by atoms with Crippen LogP contribution < -0.4 is 5.73 Å². The van der Waals surface area contributed by atoms with Crippen LogP contribution in [0.25, 0.3) is 0 Å². The Morgan fingerprint density at radius 2 is 1.91 bits per heavy atom. The van der Waals surface area contributed by atoms with Gasteiger partial charge in [-0.1, -0.05) is 37.3 Å². The molecule has 0 spiro atoms. The van der Waals surface area contributed by atoms with Crippen molar-refractivity contribution in [1.29, 1.82) is 0 Å². The number of benzene rings is 1. The first kappa shape index (κ1) is 21.9. The summed E-state index contributed by atoms with van der Waals surface area (Å²) in [4.78, 5) is 19.6. The number of carbonyl (C=O) groups excluding carboxylic acids is 1. The number of halogens is 2.